The minimum Gasteiger partial charge on any atom is -0.868 e. The molecule has 3 N–H and O–H groups in total. The summed E-state index contributed by atoms with van der Waals surface area (Å²) in [5, 5.41) is 14.6. The van der Waals surface area contributed by atoms with E-state index in [0.29, 0.717) is 10.6 Å². The van der Waals surface area contributed by atoms with Crippen molar-refractivity contribution in [3.8, 4) is 0 Å². The van der Waals surface area contributed by atoms with Gasteiger partial charge in [-0.1, -0.05) is 67.4 Å². The number of carbonyl (C=O) groups is 2. The number of aryl methyl sites for hydroxylation is 1. The van der Waals surface area contributed by atoms with Gasteiger partial charge in [0.05, 0.1) is 17.5 Å². The zero-order valence-electron chi connectivity index (χ0n) is 18.4. The highest BCUT2D eigenvalue weighted by Crippen LogP contribution is 2.41. The number of nitrogens with zero attached hydrogens (tertiary/aromatic N) is 1. The monoisotopic (exact) mass is 448 g/mol. The first-order chi connectivity index (χ1) is 15.5. The number of rotatable bonds is 6. The quantitative estimate of drug-likeness (QED) is 0.584. The lowest BCUT2D eigenvalue weighted by Gasteiger charge is -2.27. The molecule has 0 saturated heterocycles. The van der Waals surface area contributed by atoms with Gasteiger partial charge in [-0.05, 0) is 48.2 Å². The highest BCUT2D eigenvalue weighted by atomic mass is 32.1. The van der Waals surface area contributed by atoms with Crippen molar-refractivity contribution < 1.29 is 20.4 Å². The average Bonchev–Trinajstić information content (AvgIpc) is 3.43. The molecule has 1 atom stereocenters. The summed E-state index contributed by atoms with van der Waals surface area (Å²) in [6, 6.07) is 19.3. The highest BCUT2D eigenvalue weighted by Gasteiger charge is 2.40. The maximum atomic E-state index is 13.1. The number of hydrogen-bond acceptors (Lipinski definition) is 4. The molecule has 6 heteroatoms. The van der Waals surface area contributed by atoms with Crippen molar-refractivity contribution in [2.24, 2.45) is 0 Å². The summed E-state index contributed by atoms with van der Waals surface area (Å²) in [6.45, 7) is 5.22. The van der Waals surface area contributed by atoms with Crippen LogP contribution in [-0.2, 0) is 4.79 Å². The fraction of sp³-hybridized carbons (Fsp3) is 0.231. The van der Waals surface area contributed by atoms with E-state index in [9.17, 15) is 14.7 Å². The van der Waals surface area contributed by atoms with Gasteiger partial charge in [0, 0.05) is 11.3 Å². The van der Waals surface area contributed by atoms with Gasteiger partial charge in [-0.2, -0.15) is 0 Å². The Morgan fingerprint density at radius 3 is 2.28 bits per heavy atom. The van der Waals surface area contributed by atoms with Gasteiger partial charge >= 0.3 is 0 Å². The summed E-state index contributed by atoms with van der Waals surface area (Å²) in [5.74, 6) is -1.79. The molecule has 1 aromatic heterocycles. The lowest BCUT2D eigenvalue weighted by Crippen LogP contribution is -2.49. The second-order valence-electron chi connectivity index (χ2n) is 7.58. The highest BCUT2D eigenvalue weighted by molar-refractivity contribution is 7.12. The van der Waals surface area contributed by atoms with E-state index >= 15 is 0 Å². The van der Waals surface area contributed by atoms with Crippen molar-refractivity contribution in [1.82, 2.24) is 0 Å². The normalized spacial score (nSPS) is 15.5. The summed E-state index contributed by atoms with van der Waals surface area (Å²) in [6.07, 6.45) is 2.56. The van der Waals surface area contributed by atoms with Crippen LogP contribution < -0.4 is 15.7 Å². The first-order valence-electron chi connectivity index (χ1n) is 10.7. The smallest absolute Gasteiger partial charge is 0.244 e. The Morgan fingerprint density at radius 1 is 1.06 bits per heavy atom. The summed E-state index contributed by atoms with van der Waals surface area (Å²) >= 11 is 1.26. The van der Waals surface area contributed by atoms with Gasteiger partial charge in [0.1, 0.15) is 0 Å². The second kappa shape index (κ2) is 10.9. The molecule has 0 radical (unpaired) electrons. The van der Waals surface area contributed by atoms with Gasteiger partial charge in [0.25, 0.3) is 0 Å². The maximum absolute atomic E-state index is 13.1. The molecule has 4 rings (SSSR count). The molecule has 5 nitrogen and oxygen atoms in total. The van der Waals surface area contributed by atoms with Crippen molar-refractivity contribution in [2.45, 2.75) is 32.7 Å². The zero-order valence-corrected chi connectivity index (χ0v) is 19.2. The molecule has 1 amide bonds. The fourth-order valence-electron chi connectivity index (χ4n) is 3.54. The number of unbranched alkanes of at least 4 members (excludes halogenated alkanes) is 1. The molecule has 0 fully saturated rings. The third-order valence-corrected chi connectivity index (χ3v) is 6.08. The average molecular weight is 449 g/mol. The van der Waals surface area contributed by atoms with Crippen LogP contribution in [-0.4, -0.2) is 18.2 Å². The van der Waals surface area contributed by atoms with E-state index in [0.717, 1.165) is 17.7 Å². The molecule has 166 valence electrons. The third kappa shape index (κ3) is 4.98. The molecule has 0 spiro atoms. The minimum absolute atomic E-state index is 0.00854. The largest absolute Gasteiger partial charge is 0.868 e. The molecule has 2 aromatic carbocycles. The SMILES string of the molecule is CCCC[NH3+].Cc1ccc(N2C(=O)C([O-])=C(C(=O)c3cccs3)C2c2ccccc2)cc1. The van der Waals surface area contributed by atoms with E-state index in [-0.39, 0.29) is 11.4 Å². The summed E-state index contributed by atoms with van der Waals surface area (Å²) in [4.78, 5) is 27.8. The molecular weight excluding hydrogens is 420 g/mol. The van der Waals surface area contributed by atoms with Crippen LogP contribution in [0.25, 0.3) is 0 Å². The number of ketones is 1. The molecule has 2 heterocycles. The summed E-state index contributed by atoms with van der Waals surface area (Å²) in [5.41, 5.74) is 6.06. The molecule has 0 aliphatic carbocycles. The van der Waals surface area contributed by atoms with Crippen LogP contribution in [0.1, 0.15) is 46.6 Å². The van der Waals surface area contributed by atoms with Crippen molar-refractivity contribution in [3.63, 3.8) is 0 Å². The number of carbonyl (C=O) groups excluding carboxylic acids is 2. The number of thiophene rings is 1. The van der Waals surface area contributed by atoms with Crippen LogP contribution in [0.3, 0.4) is 0 Å². The number of hydrogen-bond donors (Lipinski definition) is 1. The molecule has 1 unspecified atom stereocenters. The molecule has 32 heavy (non-hydrogen) atoms. The molecule has 3 aromatic rings. The van der Waals surface area contributed by atoms with E-state index in [2.05, 4.69) is 12.7 Å². The van der Waals surface area contributed by atoms with Crippen molar-refractivity contribution in [3.05, 3.63) is 99.4 Å². The predicted octanol–water partition coefficient (Wildman–Crippen LogP) is 3.67. The molecule has 0 saturated carbocycles. The van der Waals surface area contributed by atoms with Gasteiger partial charge < -0.3 is 10.8 Å². The standard InChI is InChI=1S/C22H17NO3S.C4H11N/c1-14-9-11-16(12-10-14)23-19(15-6-3-2-4-7-15)18(21(25)22(23)26)20(24)17-8-5-13-27-17;1-2-3-4-5/h2-13,19,25H,1H3;2-5H2,1H3. The Morgan fingerprint density at radius 2 is 1.75 bits per heavy atom. The van der Waals surface area contributed by atoms with Crippen molar-refractivity contribution in [1.29, 1.82) is 0 Å². The Labute approximate surface area is 192 Å². The lowest BCUT2D eigenvalue weighted by molar-refractivity contribution is -0.368. The molecule has 1 aliphatic rings. The molecule has 0 bridgehead atoms. The first-order valence-corrected chi connectivity index (χ1v) is 11.6. The van der Waals surface area contributed by atoms with Crippen LogP contribution >= 0.6 is 11.3 Å². The maximum Gasteiger partial charge on any atom is 0.244 e. The van der Waals surface area contributed by atoms with E-state index in [1.807, 2.05) is 49.4 Å². The first kappa shape index (κ1) is 23.4. The molecular formula is C26H28N2O3S. The van der Waals surface area contributed by atoms with Crippen LogP contribution in [0.2, 0.25) is 0 Å². The zero-order chi connectivity index (χ0) is 23.1. The molecule has 1 aliphatic heterocycles. The second-order valence-corrected chi connectivity index (χ2v) is 8.53. The third-order valence-electron chi connectivity index (χ3n) is 5.21. The van der Waals surface area contributed by atoms with Crippen molar-refractivity contribution in [2.75, 3.05) is 11.4 Å². The Balaban J connectivity index is 0.000000523. The van der Waals surface area contributed by atoms with Gasteiger partial charge in [-0.3, -0.25) is 14.5 Å². The van der Waals surface area contributed by atoms with Crippen molar-refractivity contribution >= 4 is 28.7 Å². The summed E-state index contributed by atoms with van der Waals surface area (Å²) in [7, 11) is 0. The van der Waals surface area contributed by atoms with Crippen LogP contribution in [0.15, 0.2) is 83.4 Å². The lowest BCUT2D eigenvalue weighted by atomic mass is 9.95. The number of benzene rings is 2. The van der Waals surface area contributed by atoms with Gasteiger partial charge in [0.2, 0.25) is 11.7 Å². The Bertz CT molecular complexity index is 1070. The van der Waals surface area contributed by atoms with E-state index in [4.69, 9.17) is 0 Å². The number of Topliss-reactive ketones (excluding diaryl/α,β-unsaturated/α-hetero) is 1. The van der Waals surface area contributed by atoms with E-state index in [1.54, 1.807) is 29.6 Å². The number of amides is 1. The fourth-order valence-corrected chi connectivity index (χ4v) is 4.21. The van der Waals surface area contributed by atoms with Gasteiger partial charge in [0.15, 0.2) is 0 Å². The van der Waals surface area contributed by atoms with Gasteiger partial charge in [-0.25, -0.2) is 0 Å². The van der Waals surface area contributed by atoms with Crippen LogP contribution in [0.5, 0.6) is 0 Å². The number of anilines is 1. The van der Waals surface area contributed by atoms with E-state index < -0.39 is 17.7 Å². The topological polar surface area (TPSA) is 88.1 Å². The Hall–Kier alpha value is -3.22. The van der Waals surface area contributed by atoms with Gasteiger partial charge in [-0.15, -0.1) is 11.3 Å². The minimum atomic E-state index is -0.733. The Kier molecular flexibility index (Phi) is 7.98. The van der Waals surface area contributed by atoms with E-state index in [1.165, 1.54) is 29.1 Å². The predicted molar refractivity (Wildman–Crippen MR) is 126 cm³/mol. The number of quaternary nitrogens is 1. The summed E-state index contributed by atoms with van der Waals surface area (Å²) < 4.78 is 0. The van der Waals surface area contributed by atoms with Crippen LogP contribution in [0, 0.1) is 6.92 Å². The van der Waals surface area contributed by atoms with Crippen LogP contribution in [0.4, 0.5) is 5.69 Å².